The average Bonchev–Trinajstić information content (AvgIpc) is 3.17. The van der Waals surface area contributed by atoms with E-state index in [9.17, 15) is 4.79 Å². The minimum absolute atomic E-state index is 0.197. The van der Waals surface area contributed by atoms with E-state index in [0.717, 1.165) is 61.6 Å². The molecule has 0 N–H and O–H groups in total. The van der Waals surface area contributed by atoms with Gasteiger partial charge in [0.25, 0.3) is 0 Å². The second-order valence-corrected chi connectivity index (χ2v) is 9.80. The van der Waals surface area contributed by atoms with E-state index in [2.05, 4.69) is 11.1 Å². The first-order valence-electron chi connectivity index (χ1n) is 10.4. The number of ether oxygens (including phenoxy) is 2. The van der Waals surface area contributed by atoms with Crippen molar-refractivity contribution in [2.45, 2.75) is 43.1 Å². The van der Waals surface area contributed by atoms with Crippen molar-refractivity contribution in [1.29, 1.82) is 0 Å². The number of carbonyl (C=O) groups excluding carboxylic acids is 1. The van der Waals surface area contributed by atoms with Crippen LogP contribution in [0.5, 0.6) is 5.75 Å². The third-order valence-corrected chi connectivity index (χ3v) is 7.62. The van der Waals surface area contributed by atoms with Gasteiger partial charge in [-0.3, -0.25) is 9.78 Å². The summed E-state index contributed by atoms with van der Waals surface area (Å²) >= 11 is 1.97. The maximum atomic E-state index is 12.7. The molecule has 4 heterocycles. The molecule has 152 valence electrons. The number of carbonyl (C=O) groups is 1. The highest BCUT2D eigenvalue weighted by Gasteiger charge is 2.50. The van der Waals surface area contributed by atoms with Crippen molar-refractivity contribution >= 4 is 17.7 Å². The smallest absolute Gasteiger partial charge is 0.227 e. The monoisotopic (exact) mass is 410 g/mol. The molecule has 1 aromatic carbocycles. The van der Waals surface area contributed by atoms with Crippen LogP contribution in [-0.2, 0) is 29.0 Å². The van der Waals surface area contributed by atoms with Crippen LogP contribution in [0.15, 0.2) is 42.7 Å². The Kier molecular flexibility index (Phi) is 5.22. The topological polar surface area (TPSA) is 51.7 Å². The minimum atomic E-state index is 0.197. The van der Waals surface area contributed by atoms with Crippen molar-refractivity contribution in [3.05, 3.63) is 59.4 Å². The summed E-state index contributed by atoms with van der Waals surface area (Å²) in [6, 6.07) is 10.2. The predicted molar refractivity (Wildman–Crippen MR) is 113 cm³/mol. The Labute approximate surface area is 175 Å². The van der Waals surface area contributed by atoms with Gasteiger partial charge in [0.1, 0.15) is 5.75 Å². The highest BCUT2D eigenvalue weighted by molar-refractivity contribution is 8.01. The van der Waals surface area contributed by atoms with Crippen molar-refractivity contribution in [3.63, 3.8) is 0 Å². The number of amides is 1. The van der Waals surface area contributed by atoms with Gasteiger partial charge in [-0.05, 0) is 54.2 Å². The molecule has 1 atom stereocenters. The molecule has 0 saturated carbocycles. The molecule has 1 amide bonds. The number of benzene rings is 1. The molecule has 5 nitrogen and oxygen atoms in total. The third kappa shape index (κ3) is 4.14. The van der Waals surface area contributed by atoms with Gasteiger partial charge in [0, 0.05) is 31.2 Å². The van der Waals surface area contributed by atoms with Crippen LogP contribution in [0.1, 0.15) is 29.5 Å². The summed E-state index contributed by atoms with van der Waals surface area (Å²) in [5.74, 6) is 2.22. The summed E-state index contributed by atoms with van der Waals surface area (Å²) in [6.45, 7) is 3.12. The Morgan fingerprint density at radius 2 is 2.10 bits per heavy atom. The molecule has 2 saturated heterocycles. The fraction of sp³-hybridized carbons (Fsp3) is 0.478. The molecule has 0 bridgehead atoms. The Balaban J connectivity index is 1.10. The maximum Gasteiger partial charge on any atom is 0.227 e. The molecule has 3 aliphatic rings. The van der Waals surface area contributed by atoms with E-state index in [-0.39, 0.29) is 16.8 Å². The summed E-state index contributed by atoms with van der Waals surface area (Å²) in [5.41, 5.74) is 3.49. The van der Waals surface area contributed by atoms with Gasteiger partial charge in [-0.2, -0.15) is 0 Å². The van der Waals surface area contributed by atoms with Gasteiger partial charge in [0.15, 0.2) is 0 Å². The number of fused-ring (bicyclic) bond motifs is 1. The number of pyridine rings is 1. The van der Waals surface area contributed by atoms with Crippen molar-refractivity contribution in [2.24, 2.45) is 0 Å². The Morgan fingerprint density at radius 3 is 2.97 bits per heavy atom. The van der Waals surface area contributed by atoms with Crippen LogP contribution in [-0.4, -0.2) is 52.1 Å². The highest BCUT2D eigenvalue weighted by Crippen LogP contribution is 2.46. The van der Waals surface area contributed by atoms with Gasteiger partial charge in [0.2, 0.25) is 5.91 Å². The molecule has 6 heteroatoms. The van der Waals surface area contributed by atoms with Crippen LogP contribution in [0.4, 0.5) is 0 Å². The number of hydrogen-bond donors (Lipinski definition) is 0. The number of rotatable bonds is 5. The van der Waals surface area contributed by atoms with E-state index < -0.39 is 0 Å². The van der Waals surface area contributed by atoms with E-state index in [1.165, 1.54) is 5.56 Å². The fourth-order valence-corrected chi connectivity index (χ4v) is 6.01. The molecule has 29 heavy (non-hydrogen) atoms. The molecule has 0 aliphatic carbocycles. The summed E-state index contributed by atoms with van der Waals surface area (Å²) in [4.78, 5) is 18.8. The first-order chi connectivity index (χ1) is 14.2. The second-order valence-electron chi connectivity index (χ2n) is 8.31. The number of thioether (sulfide) groups is 1. The lowest BCUT2D eigenvalue weighted by molar-refractivity contribution is -0.136. The molecule has 0 radical (unpaired) electrons. The van der Waals surface area contributed by atoms with Gasteiger partial charge in [-0.25, -0.2) is 0 Å². The Hall–Kier alpha value is -2.05. The predicted octanol–water partition coefficient (Wildman–Crippen LogP) is 3.25. The van der Waals surface area contributed by atoms with Crippen LogP contribution in [0, 0.1) is 0 Å². The highest BCUT2D eigenvalue weighted by atomic mass is 32.2. The van der Waals surface area contributed by atoms with Crippen molar-refractivity contribution in [1.82, 2.24) is 9.88 Å². The molecule has 2 fully saturated rings. The zero-order valence-corrected chi connectivity index (χ0v) is 17.3. The number of aryl methyl sites for hydroxylation is 1. The first kappa shape index (κ1) is 18.9. The van der Waals surface area contributed by atoms with E-state index >= 15 is 0 Å². The van der Waals surface area contributed by atoms with Crippen LogP contribution in [0.3, 0.4) is 0 Å². The zero-order chi connectivity index (χ0) is 19.7. The molecule has 1 aromatic heterocycles. The van der Waals surface area contributed by atoms with Gasteiger partial charge >= 0.3 is 0 Å². The Morgan fingerprint density at radius 1 is 1.24 bits per heavy atom. The van der Waals surface area contributed by atoms with E-state index in [0.29, 0.717) is 13.0 Å². The fourth-order valence-electron chi connectivity index (χ4n) is 4.46. The SMILES string of the molecule is O=C(Cc1ccc2c(c1)CCCO2)N1CC2(CC(OCc3ccncc3)CS2)C1. The molecule has 1 unspecified atom stereocenters. The Bertz CT molecular complexity index is 883. The molecule has 3 aliphatic heterocycles. The standard InChI is InChI=1S/C23H26N2O3S/c26-22(11-18-3-4-21-19(10-18)2-1-9-27-21)25-15-23(16-25)12-20(14-29-23)28-13-17-5-7-24-8-6-17/h3-8,10,20H,1-2,9,11-16H2. The lowest BCUT2D eigenvalue weighted by atomic mass is 9.92. The third-order valence-electron chi connectivity index (χ3n) is 6.05. The van der Waals surface area contributed by atoms with Gasteiger partial charge in [-0.15, -0.1) is 11.8 Å². The lowest BCUT2D eigenvalue weighted by Gasteiger charge is -2.47. The largest absolute Gasteiger partial charge is 0.493 e. The summed E-state index contributed by atoms with van der Waals surface area (Å²) < 4.78 is 12.0. The van der Waals surface area contributed by atoms with Crippen molar-refractivity contribution in [3.8, 4) is 5.75 Å². The number of hydrogen-bond acceptors (Lipinski definition) is 5. The van der Waals surface area contributed by atoms with Gasteiger partial charge in [-0.1, -0.05) is 12.1 Å². The van der Waals surface area contributed by atoms with Crippen LogP contribution < -0.4 is 4.74 Å². The van der Waals surface area contributed by atoms with Crippen LogP contribution in [0.25, 0.3) is 0 Å². The van der Waals surface area contributed by atoms with Gasteiger partial charge < -0.3 is 14.4 Å². The molecular weight excluding hydrogens is 384 g/mol. The number of aromatic nitrogens is 1. The van der Waals surface area contributed by atoms with Crippen molar-refractivity contribution < 1.29 is 14.3 Å². The van der Waals surface area contributed by atoms with Crippen molar-refractivity contribution in [2.75, 3.05) is 25.4 Å². The summed E-state index contributed by atoms with van der Waals surface area (Å²) in [6.07, 6.45) is 7.48. The molecular formula is C23H26N2O3S. The minimum Gasteiger partial charge on any atom is -0.493 e. The van der Waals surface area contributed by atoms with Crippen LogP contribution in [0.2, 0.25) is 0 Å². The summed E-state index contributed by atoms with van der Waals surface area (Å²) in [5, 5.41) is 0. The first-order valence-corrected chi connectivity index (χ1v) is 11.3. The lowest BCUT2D eigenvalue weighted by Crippen LogP contribution is -2.61. The number of nitrogens with zero attached hydrogens (tertiary/aromatic N) is 2. The summed E-state index contributed by atoms with van der Waals surface area (Å²) in [7, 11) is 0. The quantitative estimate of drug-likeness (QED) is 0.757. The maximum absolute atomic E-state index is 12.7. The average molecular weight is 411 g/mol. The van der Waals surface area contributed by atoms with E-state index in [1.54, 1.807) is 12.4 Å². The van der Waals surface area contributed by atoms with E-state index in [4.69, 9.17) is 9.47 Å². The van der Waals surface area contributed by atoms with Gasteiger partial charge in [0.05, 0.1) is 30.5 Å². The van der Waals surface area contributed by atoms with Crippen LogP contribution >= 0.6 is 11.8 Å². The zero-order valence-electron chi connectivity index (χ0n) is 16.5. The normalized spacial score (nSPS) is 22.1. The molecule has 1 spiro atoms. The second kappa shape index (κ2) is 8.00. The molecule has 2 aromatic rings. The van der Waals surface area contributed by atoms with E-state index in [1.807, 2.05) is 40.9 Å². The number of likely N-dealkylation sites (tertiary alicyclic amines) is 1. The molecule has 5 rings (SSSR count).